The molecule has 0 radical (unpaired) electrons. The summed E-state index contributed by atoms with van der Waals surface area (Å²) in [7, 11) is 0. The van der Waals surface area contributed by atoms with E-state index in [1.54, 1.807) is 0 Å². The molecular formula is C14H26N2O. The minimum absolute atomic E-state index is 0.124. The Hall–Kier alpha value is -0.570. The number of hydrogen-bond acceptors (Lipinski definition) is 2. The summed E-state index contributed by atoms with van der Waals surface area (Å²) in [5.41, 5.74) is -0.124. The fourth-order valence-corrected chi connectivity index (χ4v) is 3.16. The van der Waals surface area contributed by atoms with Gasteiger partial charge in [-0.05, 0) is 37.6 Å². The topological polar surface area (TPSA) is 32.3 Å². The van der Waals surface area contributed by atoms with Gasteiger partial charge in [0, 0.05) is 19.6 Å². The molecule has 0 spiro atoms. The Bertz CT molecular complexity index is 274. The van der Waals surface area contributed by atoms with Crippen molar-refractivity contribution in [1.82, 2.24) is 10.2 Å². The van der Waals surface area contributed by atoms with Gasteiger partial charge in [-0.1, -0.05) is 20.8 Å². The van der Waals surface area contributed by atoms with Crippen LogP contribution in [0.3, 0.4) is 0 Å². The number of carbonyl (C=O) groups excluding carboxylic acids is 1. The largest absolute Gasteiger partial charge is 0.342 e. The lowest BCUT2D eigenvalue weighted by Crippen LogP contribution is -2.50. The maximum absolute atomic E-state index is 12.8. The molecule has 3 heteroatoms. The van der Waals surface area contributed by atoms with E-state index in [9.17, 15) is 4.79 Å². The SMILES string of the molecule is CC1CCN(C(=O)C2(C(C)C)CCNC2)CC1. The van der Waals surface area contributed by atoms with Crippen molar-refractivity contribution >= 4 is 5.91 Å². The van der Waals surface area contributed by atoms with Crippen molar-refractivity contribution in [1.29, 1.82) is 0 Å². The highest BCUT2D eigenvalue weighted by molar-refractivity contribution is 5.83. The highest BCUT2D eigenvalue weighted by atomic mass is 16.2. The summed E-state index contributed by atoms with van der Waals surface area (Å²) in [4.78, 5) is 14.9. The molecule has 1 atom stereocenters. The Morgan fingerprint density at radius 3 is 2.47 bits per heavy atom. The van der Waals surface area contributed by atoms with Crippen LogP contribution in [0, 0.1) is 17.3 Å². The van der Waals surface area contributed by atoms with Gasteiger partial charge in [0.1, 0.15) is 0 Å². The van der Waals surface area contributed by atoms with E-state index in [1.807, 2.05) is 0 Å². The van der Waals surface area contributed by atoms with Crippen molar-refractivity contribution in [3.05, 3.63) is 0 Å². The van der Waals surface area contributed by atoms with Gasteiger partial charge in [-0.3, -0.25) is 4.79 Å². The highest BCUT2D eigenvalue weighted by Gasteiger charge is 2.46. The highest BCUT2D eigenvalue weighted by Crippen LogP contribution is 2.37. The maximum atomic E-state index is 12.8. The quantitative estimate of drug-likeness (QED) is 0.796. The van der Waals surface area contributed by atoms with Gasteiger partial charge >= 0.3 is 0 Å². The van der Waals surface area contributed by atoms with E-state index in [0.29, 0.717) is 11.8 Å². The first kappa shape index (κ1) is 12.9. The Morgan fingerprint density at radius 1 is 1.35 bits per heavy atom. The van der Waals surface area contributed by atoms with Crippen molar-refractivity contribution in [2.24, 2.45) is 17.3 Å². The molecular weight excluding hydrogens is 212 g/mol. The number of nitrogens with one attached hydrogen (secondary N) is 1. The third-order valence-corrected chi connectivity index (χ3v) is 4.79. The third-order valence-electron chi connectivity index (χ3n) is 4.79. The first-order valence-corrected chi connectivity index (χ1v) is 7.06. The maximum Gasteiger partial charge on any atom is 0.230 e. The molecule has 0 aromatic rings. The zero-order valence-corrected chi connectivity index (χ0v) is 11.5. The number of rotatable bonds is 2. The molecule has 0 bridgehead atoms. The Labute approximate surface area is 105 Å². The summed E-state index contributed by atoms with van der Waals surface area (Å²) in [6.45, 7) is 10.5. The van der Waals surface area contributed by atoms with Crippen LogP contribution in [0.1, 0.15) is 40.0 Å². The predicted octanol–water partition coefficient (Wildman–Crippen LogP) is 1.88. The van der Waals surface area contributed by atoms with Gasteiger partial charge in [0.05, 0.1) is 5.41 Å². The van der Waals surface area contributed by atoms with Gasteiger partial charge in [0.25, 0.3) is 0 Å². The molecule has 3 nitrogen and oxygen atoms in total. The summed E-state index contributed by atoms with van der Waals surface area (Å²) >= 11 is 0. The van der Waals surface area contributed by atoms with Crippen LogP contribution in [0.25, 0.3) is 0 Å². The standard InChI is InChI=1S/C14H26N2O/c1-11(2)14(6-7-15-10-14)13(17)16-8-4-12(3)5-9-16/h11-12,15H,4-10H2,1-3H3. The van der Waals surface area contributed by atoms with Crippen LogP contribution < -0.4 is 5.32 Å². The first-order valence-electron chi connectivity index (χ1n) is 7.06. The zero-order chi connectivity index (χ0) is 12.5. The second-order valence-electron chi connectivity index (χ2n) is 6.21. The number of hydrogen-bond donors (Lipinski definition) is 1. The van der Waals surface area contributed by atoms with Gasteiger partial charge < -0.3 is 10.2 Å². The van der Waals surface area contributed by atoms with Crippen LogP contribution in [-0.2, 0) is 4.79 Å². The summed E-state index contributed by atoms with van der Waals surface area (Å²) in [5, 5.41) is 3.38. The second kappa shape index (κ2) is 4.97. The number of amides is 1. The van der Waals surface area contributed by atoms with Gasteiger partial charge in [0.2, 0.25) is 5.91 Å². The normalized spacial score (nSPS) is 31.2. The van der Waals surface area contributed by atoms with Crippen LogP contribution in [0.15, 0.2) is 0 Å². The second-order valence-corrected chi connectivity index (χ2v) is 6.21. The summed E-state index contributed by atoms with van der Waals surface area (Å²) < 4.78 is 0. The Morgan fingerprint density at radius 2 is 2.00 bits per heavy atom. The molecule has 2 heterocycles. The monoisotopic (exact) mass is 238 g/mol. The molecule has 98 valence electrons. The van der Waals surface area contributed by atoms with Crippen LogP contribution in [0.5, 0.6) is 0 Å². The number of carbonyl (C=O) groups is 1. The van der Waals surface area contributed by atoms with Crippen LogP contribution in [0.4, 0.5) is 0 Å². The molecule has 0 aliphatic carbocycles. The fraction of sp³-hybridized carbons (Fsp3) is 0.929. The van der Waals surface area contributed by atoms with Crippen molar-refractivity contribution in [3.8, 4) is 0 Å². The third kappa shape index (κ3) is 2.35. The van der Waals surface area contributed by atoms with Crippen LogP contribution in [0.2, 0.25) is 0 Å². The van der Waals surface area contributed by atoms with E-state index in [2.05, 4.69) is 31.0 Å². The number of piperidine rings is 1. The molecule has 0 saturated carbocycles. The zero-order valence-electron chi connectivity index (χ0n) is 11.5. The van der Waals surface area contributed by atoms with E-state index < -0.39 is 0 Å². The Balaban J connectivity index is 2.07. The van der Waals surface area contributed by atoms with Gasteiger partial charge in [-0.25, -0.2) is 0 Å². The minimum Gasteiger partial charge on any atom is -0.342 e. The molecule has 2 aliphatic heterocycles. The van der Waals surface area contributed by atoms with Gasteiger partial charge in [-0.2, -0.15) is 0 Å². The summed E-state index contributed by atoms with van der Waals surface area (Å²) in [6, 6.07) is 0. The lowest BCUT2D eigenvalue weighted by atomic mass is 9.75. The smallest absolute Gasteiger partial charge is 0.230 e. The van der Waals surface area contributed by atoms with Crippen LogP contribution in [-0.4, -0.2) is 37.0 Å². The average molecular weight is 238 g/mol. The molecule has 2 aliphatic rings. The van der Waals surface area contributed by atoms with Crippen LogP contribution >= 0.6 is 0 Å². The fourth-order valence-electron chi connectivity index (χ4n) is 3.16. The van der Waals surface area contributed by atoms with Gasteiger partial charge in [0.15, 0.2) is 0 Å². The summed E-state index contributed by atoms with van der Waals surface area (Å²) in [5.74, 6) is 1.63. The lowest BCUT2D eigenvalue weighted by Gasteiger charge is -2.39. The van der Waals surface area contributed by atoms with E-state index >= 15 is 0 Å². The molecule has 1 amide bonds. The molecule has 2 fully saturated rings. The van der Waals surface area contributed by atoms with E-state index in [4.69, 9.17) is 0 Å². The Kier molecular flexibility index (Phi) is 3.76. The van der Waals surface area contributed by atoms with Crippen molar-refractivity contribution in [2.75, 3.05) is 26.2 Å². The predicted molar refractivity (Wildman–Crippen MR) is 69.7 cm³/mol. The average Bonchev–Trinajstić information content (AvgIpc) is 2.79. The molecule has 17 heavy (non-hydrogen) atoms. The minimum atomic E-state index is -0.124. The van der Waals surface area contributed by atoms with Crippen molar-refractivity contribution in [2.45, 2.75) is 40.0 Å². The molecule has 2 saturated heterocycles. The molecule has 1 N–H and O–H groups in total. The van der Waals surface area contributed by atoms with E-state index in [1.165, 1.54) is 12.8 Å². The van der Waals surface area contributed by atoms with E-state index in [-0.39, 0.29) is 5.41 Å². The van der Waals surface area contributed by atoms with E-state index in [0.717, 1.165) is 38.5 Å². The van der Waals surface area contributed by atoms with Crippen molar-refractivity contribution in [3.63, 3.8) is 0 Å². The summed E-state index contributed by atoms with van der Waals surface area (Å²) in [6.07, 6.45) is 3.36. The number of likely N-dealkylation sites (tertiary alicyclic amines) is 1. The van der Waals surface area contributed by atoms with Gasteiger partial charge in [-0.15, -0.1) is 0 Å². The number of nitrogens with zero attached hydrogens (tertiary/aromatic N) is 1. The van der Waals surface area contributed by atoms with Crippen molar-refractivity contribution < 1.29 is 4.79 Å². The molecule has 1 unspecified atom stereocenters. The molecule has 2 rings (SSSR count). The lowest BCUT2D eigenvalue weighted by molar-refractivity contribution is -0.145. The molecule has 0 aromatic heterocycles. The molecule has 0 aromatic carbocycles. The first-order chi connectivity index (χ1) is 8.06.